The normalized spacial score (nSPS) is 10.7. The monoisotopic (exact) mass is 371 g/mol. The van der Waals surface area contributed by atoms with Gasteiger partial charge in [0.25, 0.3) is 0 Å². The zero-order valence-electron chi connectivity index (χ0n) is 14.9. The summed E-state index contributed by atoms with van der Waals surface area (Å²) >= 11 is 6.03. The molecule has 0 spiro atoms. The molecule has 0 saturated carbocycles. The van der Waals surface area contributed by atoms with Crippen LogP contribution in [-0.2, 0) is 9.59 Å². The molecule has 6 heteroatoms. The number of carbonyl (C=O) groups excluding carboxylic acids is 2. The van der Waals surface area contributed by atoms with Gasteiger partial charge in [-0.3, -0.25) is 9.59 Å². The Morgan fingerprint density at radius 3 is 2.46 bits per heavy atom. The molecular weight excluding hydrogens is 350 g/mol. The summed E-state index contributed by atoms with van der Waals surface area (Å²) in [5.74, 6) is -0.369. The Kier molecular flexibility index (Phi) is 7.36. The number of hydrazone groups is 1. The van der Waals surface area contributed by atoms with Crippen molar-refractivity contribution in [3.63, 3.8) is 0 Å². The van der Waals surface area contributed by atoms with Crippen LogP contribution in [0.4, 0.5) is 5.69 Å². The molecule has 2 aromatic carbocycles. The molecule has 0 aliphatic carbocycles. The van der Waals surface area contributed by atoms with E-state index in [0.29, 0.717) is 17.1 Å². The second kappa shape index (κ2) is 9.73. The van der Waals surface area contributed by atoms with Crippen molar-refractivity contribution in [2.24, 2.45) is 5.10 Å². The van der Waals surface area contributed by atoms with Crippen molar-refractivity contribution in [3.8, 4) is 0 Å². The van der Waals surface area contributed by atoms with Crippen molar-refractivity contribution in [2.45, 2.75) is 33.1 Å². The van der Waals surface area contributed by atoms with E-state index in [0.717, 1.165) is 16.7 Å². The molecule has 2 N–H and O–H groups in total. The van der Waals surface area contributed by atoms with Crippen LogP contribution in [0.5, 0.6) is 0 Å². The Morgan fingerprint density at radius 2 is 1.73 bits per heavy atom. The minimum Gasteiger partial charge on any atom is -0.326 e. The standard InChI is InChI=1S/C20H22ClN3O2/c1-14-9-11-16(12-10-14)13-22-24-20(26)8-4-7-19(25)23-18-6-3-5-17(21)15(18)2/h3,5-6,9-13H,4,7-8H2,1-2H3,(H,23,25)(H,24,26)/b22-13-. The highest BCUT2D eigenvalue weighted by Gasteiger charge is 2.08. The van der Waals surface area contributed by atoms with Gasteiger partial charge in [0.1, 0.15) is 0 Å². The first-order chi connectivity index (χ1) is 12.5. The van der Waals surface area contributed by atoms with Crippen LogP contribution in [0.25, 0.3) is 0 Å². The van der Waals surface area contributed by atoms with Gasteiger partial charge in [-0.1, -0.05) is 47.5 Å². The van der Waals surface area contributed by atoms with Gasteiger partial charge in [-0.2, -0.15) is 5.10 Å². The maximum absolute atomic E-state index is 12.0. The molecule has 0 aromatic heterocycles. The van der Waals surface area contributed by atoms with Crippen LogP contribution < -0.4 is 10.7 Å². The molecule has 2 rings (SSSR count). The molecule has 0 atom stereocenters. The smallest absolute Gasteiger partial charge is 0.240 e. The van der Waals surface area contributed by atoms with E-state index >= 15 is 0 Å². The number of hydrogen-bond acceptors (Lipinski definition) is 3. The summed E-state index contributed by atoms with van der Waals surface area (Å²) in [6.07, 6.45) is 2.51. The number of carbonyl (C=O) groups is 2. The van der Waals surface area contributed by atoms with Gasteiger partial charge >= 0.3 is 0 Å². The lowest BCUT2D eigenvalue weighted by atomic mass is 10.2. The molecular formula is C20H22ClN3O2. The molecule has 2 amide bonds. The Bertz CT molecular complexity index is 801. The van der Waals surface area contributed by atoms with Crippen LogP contribution >= 0.6 is 11.6 Å². The van der Waals surface area contributed by atoms with E-state index in [1.54, 1.807) is 24.4 Å². The third kappa shape index (κ3) is 6.33. The van der Waals surface area contributed by atoms with Crippen LogP contribution in [0.2, 0.25) is 5.02 Å². The summed E-state index contributed by atoms with van der Waals surface area (Å²) in [7, 11) is 0. The van der Waals surface area contributed by atoms with Crippen LogP contribution in [0.1, 0.15) is 36.0 Å². The van der Waals surface area contributed by atoms with Crippen molar-refractivity contribution in [3.05, 3.63) is 64.2 Å². The average Bonchev–Trinajstić information content (AvgIpc) is 2.61. The second-order valence-electron chi connectivity index (χ2n) is 6.02. The van der Waals surface area contributed by atoms with E-state index < -0.39 is 0 Å². The Hall–Kier alpha value is -2.66. The maximum atomic E-state index is 12.0. The van der Waals surface area contributed by atoms with E-state index in [9.17, 15) is 9.59 Å². The molecule has 0 fully saturated rings. The van der Waals surface area contributed by atoms with Crippen molar-refractivity contribution in [1.29, 1.82) is 0 Å². The first kappa shape index (κ1) is 19.7. The fraction of sp³-hybridized carbons (Fsp3) is 0.250. The summed E-state index contributed by atoms with van der Waals surface area (Å²) in [5.41, 5.74) is 6.06. The van der Waals surface area contributed by atoms with Gasteiger partial charge < -0.3 is 5.32 Å². The molecule has 0 radical (unpaired) electrons. The highest BCUT2D eigenvalue weighted by molar-refractivity contribution is 6.31. The zero-order chi connectivity index (χ0) is 18.9. The van der Waals surface area contributed by atoms with Crippen molar-refractivity contribution < 1.29 is 9.59 Å². The number of hydrogen-bond donors (Lipinski definition) is 2. The van der Waals surface area contributed by atoms with E-state index in [4.69, 9.17) is 11.6 Å². The van der Waals surface area contributed by atoms with Crippen LogP contribution in [-0.4, -0.2) is 18.0 Å². The first-order valence-corrected chi connectivity index (χ1v) is 8.77. The number of rotatable bonds is 7. The van der Waals surface area contributed by atoms with E-state index in [1.165, 1.54) is 0 Å². The Balaban J connectivity index is 1.70. The van der Waals surface area contributed by atoms with Crippen LogP contribution in [0.3, 0.4) is 0 Å². The molecule has 5 nitrogen and oxygen atoms in total. The summed E-state index contributed by atoms with van der Waals surface area (Å²) in [6, 6.07) is 13.2. The molecule has 0 bridgehead atoms. The molecule has 136 valence electrons. The topological polar surface area (TPSA) is 70.6 Å². The lowest BCUT2D eigenvalue weighted by molar-refractivity contribution is -0.121. The fourth-order valence-corrected chi connectivity index (χ4v) is 2.43. The predicted molar refractivity (Wildman–Crippen MR) is 106 cm³/mol. The third-order valence-corrected chi connectivity index (χ3v) is 4.24. The summed E-state index contributed by atoms with van der Waals surface area (Å²) < 4.78 is 0. The average molecular weight is 372 g/mol. The first-order valence-electron chi connectivity index (χ1n) is 8.39. The molecule has 0 aliphatic rings. The number of aryl methyl sites for hydroxylation is 1. The summed E-state index contributed by atoms with van der Waals surface area (Å²) in [6.45, 7) is 3.85. The molecule has 0 heterocycles. The van der Waals surface area contributed by atoms with E-state index in [1.807, 2.05) is 38.1 Å². The van der Waals surface area contributed by atoms with E-state index in [-0.39, 0.29) is 24.7 Å². The second-order valence-corrected chi connectivity index (χ2v) is 6.43. The fourth-order valence-electron chi connectivity index (χ4n) is 2.25. The van der Waals surface area contributed by atoms with Gasteiger partial charge in [-0.15, -0.1) is 0 Å². The largest absolute Gasteiger partial charge is 0.326 e. The van der Waals surface area contributed by atoms with Crippen molar-refractivity contribution in [1.82, 2.24) is 5.43 Å². The number of benzene rings is 2. The predicted octanol–water partition coefficient (Wildman–Crippen LogP) is 4.22. The maximum Gasteiger partial charge on any atom is 0.240 e. The number of amides is 2. The molecule has 2 aromatic rings. The van der Waals surface area contributed by atoms with Crippen molar-refractivity contribution >= 4 is 35.3 Å². The number of nitrogens with one attached hydrogen (secondary N) is 2. The quantitative estimate of drug-likeness (QED) is 0.565. The van der Waals surface area contributed by atoms with Gasteiger partial charge in [-0.05, 0) is 43.5 Å². The lowest BCUT2D eigenvalue weighted by Gasteiger charge is -2.09. The summed E-state index contributed by atoms with van der Waals surface area (Å²) in [5, 5.41) is 7.33. The third-order valence-electron chi connectivity index (χ3n) is 3.83. The van der Waals surface area contributed by atoms with Crippen LogP contribution in [0.15, 0.2) is 47.6 Å². The van der Waals surface area contributed by atoms with E-state index in [2.05, 4.69) is 15.8 Å². The lowest BCUT2D eigenvalue weighted by Crippen LogP contribution is -2.18. The minimum atomic E-state index is -0.222. The van der Waals surface area contributed by atoms with Gasteiger partial charge in [0.2, 0.25) is 11.8 Å². The Morgan fingerprint density at radius 1 is 1.04 bits per heavy atom. The number of anilines is 1. The van der Waals surface area contributed by atoms with Gasteiger partial charge in [0.15, 0.2) is 0 Å². The SMILES string of the molecule is Cc1ccc(/C=N\NC(=O)CCCC(=O)Nc2cccc(Cl)c2C)cc1. The Labute approximate surface area is 158 Å². The molecule has 0 unspecified atom stereocenters. The zero-order valence-corrected chi connectivity index (χ0v) is 15.6. The van der Waals surface area contributed by atoms with Gasteiger partial charge in [-0.25, -0.2) is 5.43 Å². The molecule has 0 saturated heterocycles. The minimum absolute atomic E-state index is 0.147. The highest BCUT2D eigenvalue weighted by atomic mass is 35.5. The molecule has 26 heavy (non-hydrogen) atoms. The van der Waals surface area contributed by atoms with Crippen molar-refractivity contribution in [2.75, 3.05) is 5.32 Å². The number of halogens is 1. The number of nitrogens with zero attached hydrogens (tertiary/aromatic N) is 1. The molecule has 0 aliphatic heterocycles. The van der Waals surface area contributed by atoms with Gasteiger partial charge in [0.05, 0.1) is 6.21 Å². The van der Waals surface area contributed by atoms with Gasteiger partial charge in [0, 0.05) is 23.6 Å². The summed E-state index contributed by atoms with van der Waals surface area (Å²) in [4.78, 5) is 23.7. The van der Waals surface area contributed by atoms with Crippen LogP contribution in [0, 0.1) is 13.8 Å². The highest BCUT2D eigenvalue weighted by Crippen LogP contribution is 2.23.